The van der Waals surface area contributed by atoms with Gasteiger partial charge in [-0.05, 0) is 39.0 Å². The van der Waals surface area contributed by atoms with Gasteiger partial charge in [-0.15, -0.1) is 0 Å². The van der Waals surface area contributed by atoms with Crippen LogP contribution in [0.5, 0.6) is 0 Å². The molecule has 2 N–H and O–H groups in total. The maximum absolute atomic E-state index is 6.39. The third-order valence-electron chi connectivity index (χ3n) is 4.53. The van der Waals surface area contributed by atoms with Gasteiger partial charge in [-0.3, -0.25) is 0 Å². The van der Waals surface area contributed by atoms with Crippen molar-refractivity contribution in [2.45, 2.75) is 70.8 Å². The second kappa shape index (κ2) is 5.39. The molecule has 0 aromatic heterocycles. The van der Waals surface area contributed by atoms with Gasteiger partial charge in [0.05, 0.1) is 0 Å². The molecule has 0 radical (unpaired) electrons. The quantitative estimate of drug-likeness (QED) is 0.771. The molecule has 0 spiro atoms. The highest BCUT2D eigenvalue weighted by molar-refractivity contribution is 5.34. The Bertz CT molecular complexity index is 316. The lowest BCUT2D eigenvalue weighted by molar-refractivity contribution is 0.333. The monoisotopic (exact) mass is 233 g/mol. The van der Waals surface area contributed by atoms with E-state index in [2.05, 4.69) is 26.0 Å². The van der Waals surface area contributed by atoms with Crippen molar-refractivity contribution in [1.29, 1.82) is 0 Å². The molecule has 1 unspecified atom stereocenters. The summed E-state index contributed by atoms with van der Waals surface area (Å²) in [6, 6.07) is 0. The molecular weight excluding hydrogens is 206 g/mol. The van der Waals surface area contributed by atoms with Gasteiger partial charge >= 0.3 is 0 Å². The average molecular weight is 233 g/mol. The molecule has 1 atom stereocenters. The summed E-state index contributed by atoms with van der Waals surface area (Å²) in [5.41, 5.74) is 9.17. The first-order valence-corrected chi connectivity index (χ1v) is 7.24. The van der Waals surface area contributed by atoms with Crippen molar-refractivity contribution in [3.8, 4) is 0 Å². The summed E-state index contributed by atoms with van der Waals surface area (Å²) < 4.78 is 0. The summed E-state index contributed by atoms with van der Waals surface area (Å²) in [6.45, 7) is 4.37. The highest BCUT2D eigenvalue weighted by Gasteiger charge is 2.26. The van der Waals surface area contributed by atoms with E-state index in [4.69, 9.17) is 5.73 Å². The fourth-order valence-electron chi connectivity index (χ4n) is 3.20. The smallest absolute Gasteiger partial charge is 0.0378 e. The van der Waals surface area contributed by atoms with Crippen LogP contribution in [0.2, 0.25) is 0 Å². The van der Waals surface area contributed by atoms with Crippen molar-refractivity contribution < 1.29 is 0 Å². The Morgan fingerprint density at radius 2 is 2.00 bits per heavy atom. The predicted molar refractivity (Wildman–Crippen MR) is 74.9 cm³/mol. The van der Waals surface area contributed by atoms with E-state index in [1.807, 2.05) is 0 Å². The van der Waals surface area contributed by atoms with E-state index in [-0.39, 0.29) is 5.54 Å². The Kier molecular flexibility index (Phi) is 4.09. The van der Waals surface area contributed by atoms with Crippen molar-refractivity contribution >= 4 is 0 Å². The Morgan fingerprint density at radius 3 is 2.71 bits per heavy atom. The molecule has 1 heteroatoms. The first kappa shape index (κ1) is 12.9. The van der Waals surface area contributed by atoms with Crippen molar-refractivity contribution in [1.82, 2.24) is 0 Å². The van der Waals surface area contributed by atoms with Crippen LogP contribution < -0.4 is 5.73 Å². The molecule has 96 valence electrons. The Hall–Kier alpha value is -0.560. The summed E-state index contributed by atoms with van der Waals surface area (Å²) in [5.74, 6) is 0.965. The zero-order valence-electron chi connectivity index (χ0n) is 11.5. The summed E-state index contributed by atoms with van der Waals surface area (Å²) >= 11 is 0. The predicted octanol–water partition coefficient (Wildman–Crippen LogP) is 4.34. The van der Waals surface area contributed by atoms with Gasteiger partial charge in [0.2, 0.25) is 0 Å². The molecule has 0 aromatic carbocycles. The van der Waals surface area contributed by atoms with E-state index in [9.17, 15) is 0 Å². The Labute approximate surface area is 106 Å². The van der Waals surface area contributed by atoms with E-state index in [1.54, 1.807) is 0 Å². The lowest BCUT2D eigenvalue weighted by atomic mass is 9.78. The highest BCUT2D eigenvalue weighted by atomic mass is 14.7. The maximum atomic E-state index is 6.39. The fourth-order valence-corrected chi connectivity index (χ4v) is 3.20. The molecule has 0 amide bonds. The van der Waals surface area contributed by atoms with Crippen LogP contribution in [-0.2, 0) is 0 Å². The fraction of sp³-hybridized carbons (Fsp3) is 0.750. The molecule has 0 bridgehead atoms. The van der Waals surface area contributed by atoms with E-state index in [0.717, 1.165) is 12.3 Å². The molecule has 0 heterocycles. The largest absolute Gasteiger partial charge is 0.322 e. The summed E-state index contributed by atoms with van der Waals surface area (Å²) in [7, 11) is 0. The molecule has 1 nitrogen and oxygen atoms in total. The minimum Gasteiger partial charge on any atom is -0.322 e. The van der Waals surface area contributed by atoms with Crippen molar-refractivity contribution in [2.75, 3.05) is 0 Å². The van der Waals surface area contributed by atoms with E-state index in [0.29, 0.717) is 0 Å². The van der Waals surface area contributed by atoms with Gasteiger partial charge in [0.15, 0.2) is 0 Å². The lowest BCUT2D eigenvalue weighted by Crippen LogP contribution is -2.39. The average Bonchev–Trinajstić information content (AvgIpc) is 2.32. The van der Waals surface area contributed by atoms with Crippen molar-refractivity contribution in [2.24, 2.45) is 11.7 Å². The number of nitrogens with two attached hydrogens (primary N) is 1. The maximum Gasteiger partial charge on any atom is 0.0378 e. The molecule has 0 aliphatic heterocycles. The lowest BCUT2D eigenvalue weighted by Gasteiger charge is -2.32. The molecule has 1 fully saturated rings. The summed E-state index contributed by atoms with van der Waals surface area (Å²) in [5, 5.41) is 0. The standard InChI is InChI=1S/C16H27N/c1-13-10-11-16(2,17)15(12-13)9-8-14-6-4-3-5-7-14/h10,12,14H,3-9,11,17H2,1-2H3. The van der Waals surface area contributed by atoms with Gasteiger partial charge in [-0.1, -0.05) is 55.4 Å². The van der Waals surface area contributed by atoms with Crippen LogP contribution in [0.25, 0.3) is 0 Å². The zero-order valence-corrected chi connectivity index (χ0v) is 11.5. The molecule has 17 heavy (non-hydrogen) atoms. The van der Waals surface area contributed by atoms with Crippen LogP contribution in [-0.4, -0.2) is 5.54 Å². The molecule has 2 aliphatic rings. The Morgan fingerprint density at radius 1 is 1.29 bits per heavy atom. The number of rotatable bonds is 3. The molecule has 0 saturated heterocycles. The third kappa shape index (κ3) is 3.45. The number of hydrogen-bond acceptors (Lipinski definition) is 1. The Balaban J connectivity index is 1.90. The van der Waals surface area contributed by atoms with Gasteiger partial charge in [0.1, 0.15) is 0 Å². The molecular formula is C16H27N. The second-order valence-electron chi connectivity index (χ2n) is 6.28. The molecule has 0 aromatic rings. The normalized spacial score (nSPS) is 31.0. The SMILES string of the molecule is CC1=CCC(C)(N)C(CCC2CCCCC2)=C1. The van der Waals surface area contributed by atoms with Crippen molar-refractivity contribution in [3.63, 3.8) is 0 Å². The van der Waals surface area contributed by atoms with Crippen LogP contribution in [0, 0.1) is 5.92 Å². The first-order valence-electron chi connectivity index (χ1n) is 7.24. The van der Waals surface area contributed by atoms with Crippen LogP contribution in [0.3, 0.4) is 0 Å². The second-order valence-corrected chi connectivity index (χ2v) is 6.28. The van der Waals surface area contributed by atoms with E-state index < -0.39 is 0 Å². The minimum atomic E-state index is -0.0891. The van der Waals surface area contributed by atoms with Gasteiger partial charge < -0.3 is 5.73 Å². The minimum absolute atomic E-state index is 0.0891. The highest BCUT2D eigenvalue weighted by Crippen LogP contribution is 2.33. The van der Waals surface area contributed by atoms with E-state index in [1.165, 1.54) is 56.1 Å². The first-order chi connectivity index (χ1) is 8.08. The molecule has 1 saturated carbocycles. The zero-order chi connectivity index (χ0) is 12.3. The van der Waals surface area contributed by atoms with Crippen LogP contribution in [0.15, 0.2) is 23.3 Å². The molecule has 2 rings (SSSR count). The topological polar surface area (TPSA) is 26.0 Å². The van der Waals surface area contributed by atoms with Gasteiger partial charge in [0.25, 0.3) is 0 Å². The summed E-state index contributed by atoms with van der Waals surface area (Å²) in [6.07, 6.45) is 15.4. The third-order valence-corrected chi connectivity index (χ3v) is 4.53. The van der Waals surface area contributed by atoms with Crippen LogP contribution in [0.1, 0.15) is 65.2 Å². The van der Waals surface area contributed by atoms with Gasteiger partial charge in [-0.2, -0.15) is 0 Å². The van der Waals surface area contributed by atoms with Gasteiger partial charge in [0, 0.05) is 5.54 Å². The van der Waals surface area contributed by atoms with Crippen LogP contribution in [0.4, 0.5) is 0 Å². The van der Waals surface area contributed by atoms with Crippen LogP contribution >= 0.6 is 0 Å². The summed E-state index contributed by atoms with van der Waals surface area (Å²) in [4.78, 5) is 0. The van der Waals surface area contributed by atoms with Gasteiger partial charge in [-0.25, -0.2) is 0 Å². The van der Waals surface area contributed by atoms with E-state index >= 15 is 0 Å². The van der Waals surface area contributed by atoms with Crippen molar-refractivity contribution in [3.05, 3.63) is 23.3 Å². The molecule has 2 aliphatic carbocycles. The number of hydrogen-bond donors (Lipinski definition) is 1. The number of allylic oxidation sites excluding steroid dienone is 2.